The van der Waals surface area contributed by atoms with Crippen LogP contribution in [0.5, 0.6) is 11.5 Å². The molecule has 1 N–H and O–H groups in total. The van der Waals surface area contributed by atoms with Gasteiger partial charge in [0.15, 0.2) is 0 Å². The van der Waals surface area contributed by atoms with Gasteiger partial charge in [-0.05, 0) is 42.7 Å². The van der Waals surface area contributed by atoms with Crippen LogP contribution in [-0.4, -0.2) is 30.8 Å². The Labute approximate surface area is 152 Å². The predicted molar refractivity (Wildman–Crippen MR) is 95.2 cm³/mol. The quantitative estimate of drug-likeness (QED) is 0.730. The zero-order valence-electron chi connectivity index (χ0n) is 14.9. The summed E-state index contributed by atoms with van der Waals surface area (Å²) in [5, 5.41) is 9.70. The number of benzene rings is 2. The topological polar surface area (TPSA) is 82.1 Å². The number of esters is 2. The van der Waals surface area contributed by atoms with E-state index in [1.807, 2.05) is 0 Å². The SMILES string of the molecule is CCOC(=O)CCc1ccc(O)cc1OCc1ccc(C(=O)OC)cc1. The lowest BCUT2D eigenvalue weighted by atomic mass is 10.1. The number of phenolic OH excluding ortho intramolecular Hbond substituents is 1. The van der Waals surface area contributed by atoms with E-state index in [4.69, 9.17) is 9.47 Å². The maximum atomic E-state index is 11.5. The van der Waals surface area contributed by atoms with E-state index in [1.54, 1.807) is 43.3 Å². The minimum Gasteiger partial charge on any atom is -0.508 e. The molecule has 26 heavy (non-hydrogen) atoms. The zero-order chi connectivity index (χ0) is 18.9. The first-order valence-electron chi connectivity index (χ1n) is 8.31. The van der Waals surface area contributed by atoms with Gasteiger partial charge in [-0.2, -0.15) is 0 Å². The lowest BCUT2D eigenvalue weighted by Crippen LogP contribution is -2.06. The van der Waals surface area contributed by atoms with Gasteiger partial charge in [0.1, 0.15) is 18.1 Å². The molecule has 0 aromatic heterocycles. The van der Waals surface area contributed by atoms with E-state index in [0.717, 1.165) is 11.1 Å². The molecule has 2 rings (SSSR count). The van der Waals surface area contributed by atoms with E-state index in [1.165, 1.54) is 13.2 Å². The van der Waals surface area contributed by atoms with E-state index in [0.29, 0.717) is 24.3 Å². The Morgan fingerprint density at radius 1 is 1.08 bits per heavy atom. The van der Waals surface area contributed by atoms with Crippen LogP contribution in [0.3, 0.4) is 0 Å². The summed E-state index contributed by atoms with van der Waals surface area (Å²) in [4.78, 5) is 23.0. The van der Waals surface area contributed by atoms with Crippen molar-refractivity contribution in [1.82, 2.24) is 0 Å². The van der Waals surface area contributed by atoms with Crippen molar-refractivity contribution in [2.45, 2.75) is 26.4 Å². The van der Waals surface area contributed by atoms with Gasteiger partial charge in [-0.15, -0.1) is 0 Å². The van der Waals surface area contributed by atoms with E-state index < -0.39 is 5.97 Å². The molecular formula is C20H22O6. The van der Waals surface area contributed by atoms with E-state index in [2.05, 4.69) is 4.74 Å². The number of phenols is 1. The van der Waals surface area contributed by atoms with E-state index in [-0.39, 0.29) is 24.7 Å². The van der Waals surface area contributed by atoms with Gasteiger partial charge in [-0.1, -0.05) is 18.2 Å². The summed E-state index contributed by atoms with van der Waals surface area (Å²) >= 11 is 0. The molecule has 0 saturated carbocycles. The van der Waals surface area contributed by atoms with Gasteiger partial charge in [0.05, 0.1) is 19.3 Å². The highest BCUT2D eigenvalue weighted by Gasteiger charge is 2.10. The molecule has 0 saturated heterocycles. The molecule has 2 aromatic carbocycles. The van der Waals surface area contributed by atoms with Crippen LogP contribution in [0.2, 0.25) is 0 Å². The summed E-state index contributed by atoms with van der Waals surface area (Å²) in [5.74, 6) is -0.0797. The number of hydrogen-bond donors (Lipinski definition) is 1. The second-order valence-corrected chi connectivity index (χ2v) is 5.57. The minimum absolute atomic E-state index is 0.0842. The zero-order valence-corrected chi connectivity index (χ0v) is 14.9. The van der Waals surface area contributed by atoms with Crippen LogP contribution in [0.15, 0.2) is 42.5 Å². The third kappa shape index (κ3) is 5.51. The van der Waals surface area contributed by atoms with Gasteiger partial charge < -0.3 is 19.3 Å². The van der Waals surface area contributed by atoms with Gasteiger partial charge in [-0.25, -0.2) is 4.79 Å². The number of hydrogen-bond acceptors (Lipinski definition) is 6. The van der Waals surface area contributed by atoms with E-state index >= 15 is 0 Å². The lowest BCUT2D eigenvalue weighted by Gasteiger charge is -2.12. The summed E-state index contributed by atoms with van der Waals surface area (Å²) in [6, 6.07) is 11.7. The van der Waals surface area contributed by atoms with Gasteiger partial charge in [0, 0.05) is 12.5 Å². The van der Waals surface area contributed by atoms with Crippen LogP contribution in [0.4, 0.5) is 0 Å². The molecule has 0 unspecified atom stereocenters. The molecule has 0 fully saturated rings. The summed E-state index contributed by atoms with van der Waals surface area (Å²) in [6.45, 7) is 2.37. The molecule has 138 valence electrons. The first-order valence-corrected chi connectivity index (χ1v) is 8.31. The molecule has 2 aromatic rings. The van der Waals surface area contributed by atoms with Crippen molar-refractivity contribution in [3.05, 3.63) is 59.2 Å². The fourth-order valence-corrected chi connectivity index (χ4v) is 2.37. The summed E-state index contributed by atoms with van der Waals surface area (Å²) in [6.07, 6.45) is 0.693. The van der Waals surface area contributed by atoms with Gasteiger partial charge in [-0.3, -0.25) is 4.79 Å². The monoisotopic (exact) mass is 358 g/mol. The summed E-state index contributed by atoms with van der Waals surface area (Å²) < 4.78 is 15.4. The molecule has 6 nitrogen and oxygen atoms in total. The van der Waals surface area contributed by atoms with Crippen molar-refractivity contribution < 1.29 is 28.9 Å². The third-order valence-electron chi connectivity index (χ3n) is 3.72. The Morgan fingerprint density at radius 3 is 2.46 bits per heavy atom. The Kier molecular flexibility index (Phi) is 7.02. The average Bonchev–Trinajstić information content (AvgIpc) is 2.65. The number of carbonyl (C=O) groups is 2. The molecule has 0 spiro atoms. The second-order valence-electron chi connectivity index (χ2n) is 5.57. The molecule has 0 aliphatic rings. The van der Waals surface area contributed by atoms with Crippen molar-refractivity contribution in [3.63, 3.8) is 0 Å². The molecule has 0 atom stereocenters. The number of carbonyl (C=O) groups excluding carboxylic acids is 2. The molecule has 0 aliphatic heterocycles. The normalized spacial score (nSPS) is 10.2. The number of aromatic hydroxyl groups is 1. The molecule has 0 bridgehead atoms. The molecule has 0 aliphatic carbocycles. The molecule has 6 heteroatoms. The number of methoxy groups -OCH3 is 1. The number of rotatable bonds is 8. The predicted octanol–water partition coefficient (Wildman–Crippen LogP) is 3.25. The smallest absolute Gasteiger partial charge is 0.337 e. The maximum Gasteiger partial charge on any atom is 0.337 e. The Bertz CT molecular complexity index is 751. The van der Waals surface area contributed by atoms with Crippen molar-refractivity contribution >= 4 is 11.9 Å². The van der Waals surface area contributed by atoms with Crippen LogP contribution >= 0.6 is 0 Å². The lowest BCUT2D eigenvalue weighted by molar-refractivity contribution is -0.143. The molecule has 0 amide bonds. The van der Waals surface area contributed by atoms with Gasteiger partial charge in [0.2, 0.25) is 0 Å². The van der Waals surface area contributed by atoms with Crippen molar-refractivity contribution in [2.24, 2.45) is 0 Å². The summed E-state index contributed by atoms with van der Waals surface area (Å²) in [7, 11) is 1.33. The Hall–Kier alpha value is -3.02. The van der Waals surface area contributed by atoms with Crippen LogP contribution in [0.25, 0.3) is 0 Å². The maximum absolute atomic E-state index is 11.5. The molecule has 0 radical (unpaired) electrons. The van der Waals surface area contributed by atoms with Crippen molar-refractivity contribution in [3.8, 4) is 11.5 Å². The fraction of sp³-hybridized carbons (Fsp3) is 0.300. The first kappa shape index (κ1) is 19.3. The van der Waals surface area contributed by atoms with Crippen LogP contribution in [-0.2, 0) is 27.3 Å². The van der Waals surface area contributed by atoms with Crippen molar-refractivity contribution in [1.29, 1.82) is 0 Å². The average molecular weight is 358 g/mol. The second kappa shape index (κ2) is 9.46. The summed E-state index contributed by atoms with van der Waals surface area (Å²) in [5.41, 5.74) is 2.13. The molecule has 0 heterocycles. The Balaban J connectivity index is 2.02. The fourth-order valence-electron chi connectivity index (χ4n) is 2.37. The largest absolute Gasteiger partial charge is 0.508 e. The Morgan fingerprint density at radius 2 is 1.81 bits per heavy atom. The first-order chi connectivity index (χ1) is 12.5. The van der Waals surface area contributed by atoms with Crippen LogP contribution in [0.1, 0.15) is 34.8 Å². The molecular weight excluding hydrogens is 336 g/mol. The highest BCUT2D eigenvalue weighted by atomic mass is 16.5. The van der Waals surface area contributed by atoms with Crippen LogP contribution in [0, 0.1) is 0 Å². The van der Waals surface area contributed by atoms with Crippen LogP contribution < -0.4 is 4.74 Å². The van der Waals surface area contributed by atoms with Gasteiger partial charge >= 0.3 is 11.9 Å². The standard InChI is InChI=1S/C20H22O6/c1-3-25-19(22)11-9-15-8-10-17(21)12-18(15)26-13-14-4-6-16(7-5-14)20(23)24-2/h4-8,10,12,21H,3,9,11,13H2,1-2H3. The minimum atomic E-state index is -0.397. The van der Waals surface area contributed by atoms with Gasteiger partial charge in [0.25, 0.3) is 0 Å². The third-order valence-corrected chi connectivity index (χ3v) is 3.72. The highest BCUT2D eigenvalue weighted by molar-refractivity contribution is 5.89. The number of ether oxygens (including phenoxy) is 3. The van der Waals surface area contributed by atoms with Crippen molar-refractivity contribution in [2.75, 3.05) is 13.7 Å². The highest BCUT2D eigenvalue weighted by Crippen LogP contribution is 2.26. The van der Waals surface area contributed by atoms with E-state index in [9.17, 15) is 14.7 Å². The number of aryl methyl sites for hydroxylation is 1.